The highest BCUT2D eigenvalue weighted by atomic mass is 32.1. The lowest BCUT2D eigenvalue weighted by molar-refractivity contribution is 0.0697. The smallest absolute Gasteiger partial charge is 0.335 e. The van der Waals surface area contributed by atoms with Gasteiger partial charge in [-0.25, -0.2) is 19.7 Å². The molecule has 0 amide bonds. The molecule has 0 saturated carbocycles. The van der Waals surface area contributed by atoms with E-state index in [2.05, 4.69) is 22.2 Å². The first-order chi connectivity index (χ1) is 13.9. The molecule has 7 heteroatoms. The Labute approximate surface area is 172 Å². The van der Waals surface area contributed by atoms with Crippen molar-refractivity contribution in [3.8, 4) is 11.5 Å². The zero-order valence-corrected chi connectivity index (χ0v) is 17.2. The van der Waals surface area contributed by atoms with Crippen molar-refractivity contribution in [3.63, 3.8) is 0 Å². The van der Waals surface area contributed by atoms with E-state index in [-0.39, 0.29) is 5.56 Å². The molecule has 0 bridgehead atoms. The molecule has 0 radical (unpaired) electrons. The fraction of sp³-hybridized carbons (Fsp3) is 0.182. The van der Waals surface area contributed by atoms with Crippen molar-refractivity contribution in [2.75, 3.05) is 5.32 Å². The summed E-state index contributed by atoms with van der Waals surface area (Å²) in [6, 6.07) is 10.9. The molecule has 2 aromatic carbocycles. The highest BCUT2D eigenvalue weighted by Crippen LogP contribution is 2.28. The number of fused-ring (bicyclic) bond motifs is 1. The third kappa shape index (κ3) is 3.82. The maximum atomic E-state index is 11.2. The number of rotatable bonds is 5. The maximum Gasteiger partial charge on any atom is 0.335 e. The van der Waals surface area contributed by atoms with Crippen LogP contribution in [0.3, 0.4) is 0 Å². The van der Waals surface area contributed by atoms with Gasteiger partial charge in [-0.3, -0.25) is 0 Å². The number of hydrogen-bond donors (Lipinski definition) is 2. The highest BCUT2D eigenvalue weighted by molar-refractivity contribution is 7.09. The Morgan fingerprint density at radius 3 is 2.52 bits per heavy atom. The van der Waals surface area contributed by atoms with Gasteiger partial charge in [-0.1, -0.05) is 19.1 Å². The Bertz CT molecular complexity index is 1230. The molecule has 0 aliphatic heterocycles. The summed E-state index contributed by atoms with van der Waals surface area (Å²) in [6.07, 6.45) is 0.806. The second kappa shape index (κ2) is 7.60. The molecule has 2 heterocycles. The zero-order valence-electron chi connectivity index (χ0n) is 16.4. The Morgan fingerprint density at radius 1 is 1.07 bits per heavy atom. The molecular weight excluding hydrogens is 384 g/mol. The van der Waals surface area contributed by atoms with Gasteiger partial charge in [0, 0.05) is 22.3 Å². The van der Waals surface area contributed by atoms with Crippen molar-refractivity contribution < 1.29 is 9.90 Å². The summed E-state index contributed by atoms with van der Waals surface area (Å²) >= 11 is 1.58. The number of aromatic nitrogens is 3. The van der Waals surface area contributed by atoms with E-state index in [1.54, 1.807) is 23.5 Å². The van der Waals surface area contributed by atoms with Gasteiger partial charge in [0.05, 0.1) is 10.6 Å². The Morgan fingerprint density at radius 2 is 1.83 bits per heavy atom. The van der Waals surface area contributed by atoms with E-state index in [1.807, 2.05) is 43.5 Å². The van der Waals surface area contributed by atoms with E-state index in [0.29, 0.717) is 5.82 Å². The SMILES string of the molecule is CCc1c(C)nc(-c2csc(C)n2)nc1Nc1ccc2cc(C(=O)O)ccc2c1. The van der Waals surface area contributed by atoms with E-state index >= 15 is 0 Å². The van der Waals surface area contributed by atoms with Crippen molar-refractivity contribution in [2.45, 2.75) is 27.2 Å². The molecule has 2 N–H and O–H groups in total. The number of carbonyl (C=O) groups is 1. The summed E-state index contributed by atoms with van der Waals surface area (Å²) in [7, 11) is 0. The van der Waals surface area contributed by atoms with Crippen LogP contribution in [0.1, 0.15) is 33.5 Å². The molecule has 0 saturated heterocycles. The van der Waals surface area contributed by atoms with Crippen LogP contribution in [0.25, 0.3) is 22.3 Å². The lowest BCUT2D eigenvalue weighted by Crippen LogP contribution is -2.05. The molecule has 0 spiro atoms. The summed E-state index contributed by atoms with van der Waals surface area (Å²) in [4.78, 5) is 25.1. The van der Waals surface area contributed by atoms with Crippen molar-refractivity contribution in [3.05, 3.63) is 63.6 Å². The van der Waals surface area contributed by atoms with Gasteiger partial charge >= 0.3 is 5.97 Å². The molecule has 0 aliphatic carbocycles. The first-order valence-corrected chi connectivity index (χ1v) is 10.2. The second-order valence-corrected chi connectivity index (χ2v) is 7.83. The van der Waals surface area contributed by atoms with Gasteiger partial charge in [-0.15, -0.1) is 11.3 Å². The van der Waals surface area contributed by atoms with Crippen molar-refractivity contribution in [2.24, 2.45) is 0 Å². The molecule has 4 aromatic rings. The molecule has 0 aliphatic rings. The molecule has 29 heavy (non-hydrogen) atoms. The number of aryl methyl sites for hydroxylation is 2. The van der Waals surface area contributed by atoms with Crippen LogP contribution in [-0.2, 0) is 6.42 Å². The van der Waals surface area contributed by atoms with Gasteiger partial charge in [-0.05, 0) is 55.3 Å². The average Bonchev–Trinajstić information content (AvgIpc) is 3.13. The fourth-order valence-electron chi connectivity index (χ4n) is 3.30. The van der Waals surface area contributed by atoms with E-state index in [1.165, 1.54) is 0 Å². The third-order valence-corrected chi connectivity index (χ3v) is 5.54. The number of hydrogen-bond acceptors (Lipinski definition) is 6. The van der Waals surface area contributed by atoms with Gasteiger partial charge in [0.2, 0.25) is 0 Å². The number of benzene rings is 2. The number of thiazole rings is 1. The van der Waals surface area contributed by atoms with Crippen LogP contribution in [0, 0.1) is 13.8 Å². The minimum absolute atomic E-state index is 0.279. The Balaban J connectivity index is 1.73. The standard InChI is InChI=1S/C22H20N4O2S/c1-4-18-12(2)23-21(19-11-29-13(3)24-19)26-20(18)25-17-8-7-14-9-16(22(27)28)6-5-15(14)10-17/h5-11H,4H2,1-3H3,(H,27,28)(H,23,25,26). The summed E-state index contributed by atoms with van der Waals surface area (Å²) in [5.41, 5.74) is 3.93. The summed E-state index contributed by atoms with van der Waals surface area (Å²) in [5.74, 6) is 0.448. The third-order valence-electron chi connectivity index (χ3n) is 4.77. The summed E-state index contributed by atoms with van der Waals surface area (Å²) in [6.45, 7) is 6.03. The topological polar surface area (TPSA) is 88.0 Å². The van der Waals surface area contributed by atoms with Gasteiger partial charge < -0.3 is 10.4 Å². The van der Waals surface area contributed by atoms with Gasteiger partial charge in [0.25, 0.3) is 0 Å². The van der Waals surface area contributed by atoms with Crippen LogP contribution in [0.2, 0.25) is 0 Å². The van der Waals surface area contributed by atoms with Crippen molar-refractivity contribution in [1.29, 1.82) is 0 Å². The van der Waals surface area contributed by atoms with Crippen molar-refractivity contribution >= 4 is 39.6 Å². The average molecular weight is 404 g/mol. The number of nitrogens with one attached hydrogen (secondary N) is 1. The summed E-state index contributed by atoms with van der Waals surface area (Å²) in [5, 5.41) is 17.4. The Kier molecular flexibility index (Phi) is 4.98. The van der Waals surface area contributed by atoms with Gasteiger partial charge in [0.1, 0.15) is 11.5 Å². The minimum atomic E-state index is -0.928. The number of aromatic carboxylic acids is 1. The van der Waals surface area contributed by atoms with Crippen LogP contribution in [-0.4, -0.2) is 26.0 Å². The predicted molar refractivity (Wildman–Crippen MR) is 116 cm³/mol. The second-order valence-electron chi connectivity index (χ2n) is 6.77. The molecule has 2 aromatic heterocycles. The monoisotopic (exact) mass is 404 g/mol. The Hall–Kier alpha value is -3.32. The first-order valence-electron chi connectivity index (χ1n) is 9.28. The number of carboxylic acids is 1. The highest BCUT2D eigenvalue weighted by Gasteiger charge is 2.14. The number of nitrogens with zero attached hydrogens (tertiary/aromatic N) is 3. The molecule has 6 nitrogen and oxygen atoms in total. The van der Waals surface area contributed by atoms with Crippen LogP contribution < -0.4 is 5.32 Å². The van der Waals surface area contributed by atoms with Crippen LogP contribution in [0.4, 0.5) is 11.5 Å². The van der Waals surface area contributed by atoms with Crippen LogP contribution >= 0.6 is 11.3 Å². The minimum Gasteiger partial charge on any atom is -0.478 e. The lowest BCUT2D eigenvalue weighted by Gasteiger charge is -2.14. The predicted octanol–water partition coefficient (Wildman–Crippen LogP) is 5.37. The van der Waals surface area contributed by atoms with Crippen molar-refractivity contribution in [1.82, 2.24) is 15.0 Å². The zero-order chi connectivity index (χ0) is 20.5. The van der Waals surface area contributed by atoms with Gasteiger partial charge in [0.15, 0.2) is 5.82 Å². The lowest BCUT2D eigenvalue weighted by atomic mass is 10.1. The first kappa shape index (κ1) is 19.0. The molecule has 0 unspecified atom stereocenters. The largest absolute Gasteiger partial charge is 0.478 e. The molecule has 4 rings (SSSR count). The fourth-order valence-corrected chi connectivity index (χ4v) is 3.89. The van der Waals surface area contributed by atoms with E-state index < -0.39 is 5.97 Å². The quantitative estimate of drug-likeness (QED) is 0.465. The van der Waals surface area contributed by atoms with E-state index in [9.17, 15) is 4.79 Å². The number of anilines is 2. The molecule has 0 fully saturated rings. The van der Waals surface area contributed by atoms with Crippen LogP contribution in [0.5, 0.6) is 0 Å². The van der Waals surface area contributed by atoms with E-state index in [0.717, 1.165) is 50.7 Å². The van der Waals surface area contributed by atoms with E-state index in [4.69, 9.17) is 10.1 Å². The molecular formula is C22H20N4O2S. The number of carboxylic acid groups (broad SMARTS) is 1. The molecule has 0 atom stereocenters. The van der Waals surface area contributed by atoms with Gasteiger partial charge in [-0.2, -0.15) is 0 Å². The maximum absolute atomic E-state index is 11.2. The molecule has 146 valence electrons. The van der Waals surface area contributed by atoms with Crippen LogP contribution in [0.15, 0.2) is 41.8 Å². The summed E-state index contributed by atoms with van der Waals surface area (Å²) < 4.78 is 0. The normalized spacial score (nSPS) is 11.0.